The summed E-state index contributed by atoms with van der Waals surface area (Å²) in [6, 6.07) is 1.42. The van der Waals surface area contributed by atoms with Gasteiger partial charge in [-0.1, -0.05) is 13.8 Å². The third kappa shape index (κ3) is 4.85. The largest absolute Gasteiger partial charge is 0.337 e. The number of nitrogens with zero attached hydrogens (tertiary/aromatic N) is 4. The smallest absolute Gasteiger partial charge is 0.226 e. The zero-order valence-electron chi connectivity index (χ0n) is 20.1. The molecule has 0 aromatic rings. The number of carbonyl (C=O) groups excluding carboxylic acids is 2. The van der Waals surface area contributed by atoms with Gasteiger partial charge in [0.2, 0.25) is 11.8 Å². The molecule has 0 aromatic heterocycles. The van der Waals surface area contributed by atoms with E-state index >= 15 is 0 Å². The first kappa shape index (κ1) is 23.5. The van der Waals surface area contributed by atoms with Gasteiger partial charge in [0.1, 0.15) is 0 Å². The Morgan fingerprint density at radius 1 is 0.600 bits per heavy atom. The van der Waals surface area contributed by atoms with Crippen LogP contribution >= 0.6 is 0 Å². The number of amides is 2. The molecule has 3 fully saturated rings. The molecular weight excluding hydrogens is 376 g/mol. The zero-order chi connectivity index (χ0) is 22.0. The first-order valence-electron chi connectivity index (χ1n) is 12.4. The number of likely N-dealkylation sites (N-methyl/N-ethyl adjacent to an activating group) is 2. The molecule has 0 radical (unpaired) electrons. The molecule has 2 heterocycles. The summed E-state index contributed by atoms with van der Waals surface area (Å²) in [4.78, 5) is 35.7. The zero-order valence-corrected chi connectivity index (χ0v) is 20.1. The molecule has 1 aliphatic carbocycles. The van der Waals surface area contributed by atoms with Crippen LogP contribution in [0.15, 0.2) is 0 Å². The molecule has 3 aliphatic rings. The van der Waals surface area contributed by atoms with Crippen molar-refractivity contribution in [2.75, 3.05) is 39.3 Å². The van der Waals surface area contributed by atoms with E-state index in [2.05, 4.69) is 61.1 Å². The highest BCUT2D eigenvalue weighted by Crippen LogP contribution is 2.33. The predicted molar refractivity (Wildman–Crippen MR) is 121 cm³/mol. The first-order valence-corrected chi connectivity index (χ1v) is 12.4. The topological polar surface area (TPSA) is 47.1 Å². The molecule has 2 saturated heterocycles. The predicted octanol–water partition coefficient (Wildman–Crippen LogP) is 2.68. The van der Waals surface area contributed by atoms with E-state index in [0.717, 1.165) is 65.0 Å². The van der Waals surface area contributed by atoms with Gasteiger partial charge in [-0.05, 0) is 66.5 Å². The lowest BCUT2D eigenvalue weighted by molar-refractivity contribution is -0.147. The van der Waals surface area contributed by atoms with E-state index in [1.165, 1.54) is 0 Å². The Hall–Kier alpha value is -1.14. The Kier molecular flexibility index (Phi) is 7.83. The van der Waals surface area contributed by atoms with Crippen LogP contribution in [0.2, 0.25) is 0 Å². The highest BCUT2D eigenvalue weighted by molar-refractivity contribution is 5.82. The Labute approximate surface area is 183 Å². The molecule has 0 bridgehead atoms. The van der Waals surface area contributed by atoms with Crippen molar-refractivity contribution >= 4 is 11.8 Å². The van der Waals surface area contributed by atoms with Crippen LogP contribution in [-0.2, 0) is 9.59 Å². The van der Waals surface area contributed by atoms with Crippen LogP contribution in [0.4, 0.5) is 0 Å². The van der Waals surface area contributed by atoms with E-state index in [0.29, 0.717) is 23.9 Å². The van der Waals surface area contributed by atoms with Gasteiger partial charge in [0.25, 0.3) is 0 Å². The fraction of sp³-hybridized carbons (Fsp3) is 0.917. The minimum Gasteiger partial charge on any atom is -0.337 e. The number of hydrogen-bond donors (Lipinski definition) is 0. The van der Waals surface area contributed by atoms with Gasteiger partial charge < -0.3 is 9.80 Å². The van der Waals surface area contributed by atoms with E-state index in [1.54, 1.807) is 0 Å². The minimum atomic E-state index is 0.102. The highest BCUT2D eigenvalue weighted by Gasteiger charge is 2.39. The number of piperazine rings is 2. The van der Waals surface area contributed by atoms with Crippen molar-refractivity contribution in [1.82, 2.24) is 19.6 Å². The first-order chi connectivity index (χ1) is 14.3. The van der Waals surface area contributed by atoms with Crippen LogP contribution in [0.1, 0.15) is 67.2 Å². The van der Waals surface area contributed by atoms with Crippen LogP contribution in [-0.4, -0.2) is 94.8 Å². The Morgan fingerprint density at radius 3 is 1.23 bits per heavy atom. The Morgan fingerprint density at radius 2 is 0.933 bits per heavy atom. The molecule has 2 amide bonds. The molecule has 172 valence electrons. The monoisotopic (exact) mass is 420 g/mol. The molecule has 1 saturated carbocycles. The normalized spacial score (nSPS) is 36.7. The van der Waals surface area contributed by atoms with Gasteiger partial charge in [-0.15, -0.1) is 0 Å². The number of carbonyl (C=O) groups is 2. The Balaban J connectivity index is 1.53. The van der Waals surface area contributed by atoms with E-state index in [-0.39, 0.29) is 23.9 Å². The molecule has 4 atom stereocenters. The second-order valence-electron chi connectivity index (χ2n) is 10.1. The van der Waals surface area contributed by atoms with Gasteiger partial charge in [-0.25, -0.2) is 0 Å². The number of hydrogen-bond acceptors (Lipinski definition) is 4. The summed E-state index contributed by atoms with van der Waals surface area (Å²) in [6.07, 6.45) is 3.46. The highest BCUT2D eigenvalue weighted by atomic mass is 16.2. The summed E-state index contributed by atoms with van der Waals surface area (Å²) >= 11 is 0. The molecule has 2 aliphatic heterocycles. The molecule has 0 aromatic carbocycles. The molecule has 3 rings (SSSR count). The molecule has 0 spiro atoms. The SMILES string of the molecule is CCN1CC(C)N(C(=O)C2CCC(C(=O)N3CC(C)N(CC)CC3C)CC2)CC1C. The van der Waals surface area contributed by atoms with Crippen LogP contribution in [0.25, 0.3) is 0 Å². The van der Waals surface area contributed by atoms with Crippen molar-refractivity contribution in [3.63, 3.8) is 0 Å². The average molecular weight is 421 g/mol. The third-order valence-electron chi connectivity index (χ3n) is 8.03. The second kappa shape index (κ2) is 9.99. The van der Waals surface area contributed by atoms with Gasteiger partial charge in [0.15, 0.2) is 0 Å². The van der Waals surface area contributed by atoms with Crippen LogP contribution in [0.3, 0.4) is 0 Å². The molecule has 30 heavy (non-hydrogen) atoms. The summed E-state index contributed by atoms with van der Waals surface area (Å²) in [6.45, 7) is 18.9. The lowest BCUT2D eigenvalue weighted by Gasteiger charge is -2.46. The fourth-order valence-corrected chi connectivity index (χ4v) is 5.95. The van der Waals surface area contributed by atoms with E-state index in [9.17, 15) is 9.59 Å². The lowest BCUT2D eigenvalue weighted by Crippen LogP contribution is -2.59. The van der Waals surface area contributed by atoms with Gasteiger partial charge in [-0.3, -0.25) is 19.4 Å². The van der Waals surface area contributed by atoms with Gasteiger partial charge in [0.05, 0.1) is 0 Å². The number of rotatable bonds is 4. The standard InChI is InChI=1S/C24H44N4O2/c1-7-25-13-19(5)27(15-17(25)3)23(29)21-9-11-22(12-10-21)24(30)28-16-18(4)26(8-2)14-20(28)6/h17-22H,7-16H2,1-6H3. The third-order valence-corrected chi connectivity index (χ3v) is 8.03. The van der Waals surface area contributed by atoms with E-state index in [4.69, 9.17) is 0 Å². The molecule has 4 unspecified atom stereocenters. The van der Waals surface area contributed by atoms with Crippen LogP contribution in [0.5, 0.6) is 0 Å². The summed E-state index contributed by atoms with van der Waals surface area (Å²) < 4.78 is 0. The maximum Gasteiger partial charge on any atom is 0.226 e. The van der Waals surface area contributed by atoms with Gasteiger partial charge >= 0.3 is 0 Å². The van der Waals surface area contributed by atoms with Crippen molar-refractivity contribution in [3.8, 4) is 0 Å². The van der Waals surface area contributed by atoms with Crippen molar-refractivity contribution in [2.45, 2.75) is 91.4 Å². The van der Waals surface area contributed by atoms with Crippen LogP contribution in [0, 0.1) is 11.8 Å². The van der Waals surface area contributed by atoms with E-state index < -0.39 is 0 Å². The quantitative estimate of drug-likeness (QED) is 0.702. The Bertz CT molecular complexity index is 552. The molecule has 6 heteroatoms. The summed E-state index contributed by atoms with van der Waals surface area (Å²) in [7, 11) is 0. The molecule has 6 nitrogen and oxygen atoms in total. The van der Waals surface area contributed by atoms with Crippen molar-refractivity contribution < 1.29 is 9.59 Å². The van der Waals surface area contributed by atoms with Crippen molar-refractivity contribution in [3.05, 3.63) is 0 Å². The van der Waals surface area contributed by atoms with Crippen LogP contribution < -0.4 is 0 Å². The molecule has 0 N–H and O–H groups in total. The maximum atomic E-state index is 13.3. The van der Waals surface area contributed by atoms with Gasteiger partial charge in [-0.2, -0.15) is 0 Å². The van der Waals surface area contributed by atoms with Crippen molar-refractivity contribution in [2.24, 2.45) is 11.8 Å². The minimum absolute atomic E-state index is 0.102. The van der Waals surface area contributed by atoms with Gasteiger partial charge in [0, 0.05) is 62.2 Å². The fourth-order valence-electron chi connectivity index (χ4n) is 5.95. The summed E-state index contributed by atoms with van der Waals surface area (Å²) in [5.74, 6) is 0.861. The summed E-state index contributed by atoms with van der Waals surface area (Å²) in [5, 5.41) is 0. The average Bonchev–Trinajstić information content (AvgIpc) is 2.75. The second-order valence-corrected chi connectivity index (χ2v) is 10.1. The molecular formula is C24H44N4O2. The maximum absolute atomic E-state index is 13.3. The van der Waals surface area contributed by atoms with Crippen molar-refractivity contribution in [1.29, 1.82) is 0 Å². The summed E-state index contributed by atoms with van der Waals surface area (Å²) in [5.41, 5.74) is 0. The van der Waals surface area contributed by atoms with E-state index in [1.807, 2.05) is 0 Å². The lowest BCUT2D eigenvalue weighted by atomic mass is 9.80.